The lowest BCUT2D eigenvalue weighted by atomic mass is 10.1. The third kappa shape index (κ3) is 4.95. The maximum Gasteiger partial charge on any atom is 0.164 e. The summed E-state index contributed by atoms with van der Waals surface area (Å²) in [5, 5.41) is 9.01. The van der Waals surface area contributed by atoms with E-state index in [1.807, 2.05) is 38.5 Å². The molecule has 0 unspecified atom stereocenters. The van der Waals surface area contributed by atoms with E-state index in [1.165, 1.54) is 5.56 Å². The fourth-order valence-corrected chi connectivity index (χ4v) is 4.40. The summed E-state index contributed by atoms with van der Waals surface area (Å²) < 4.78 is 14.9. The molecular formula is C26H32N8O2. The van der Waals surface area contributed by atoms with E-state index < -0.39 is 0 Å². The van der Waals surface area contributed by atoms with Crippen molar-refractivity contribution in [2.45, 2.75) is 20.4 Å². The first kappa shape index (κ1) is 24.0. The van der Waals surface area contributed by atoms with Crippen LogP contribution in [-0.2, 0) is 23.1 Å². The fraction of sp³-hybridized carbons (Fsp3) is 0.385. The quantitative estimate of drug-likeness (QED) is 0.300. The summed E-state index contributed by atoms with van der Waals surface area (Å²) in [5.41, 5.74) is 9.92. The van der Waals surface area contributed by atoms with Crippen LogP contribution in [0.2, 0.25) is 0 Å². The molecule has 4 aromatic rings. The molecule has 1 fully saturated rings. The highest BCUT2D eigenvalue weighted by Gasteiger charge is 2.23. The molecule has 0 spiro atoms. The van der Waals surface area contributed by atoms with E-state index >= 15 is 0 Å². The van der Waals surface area contributed by atoms with Gasteiger partial charge in [-0.2, -0.15) is 10.2 Å². The van der Waals surface area contributed by atoms with Gasteiger partial charge < -0.3 is 18.9 Å². The van der Waals surface area contributed by atoms with Crippen molar-refractivity contribution in [2.24, 2.45) is 12.1 Å². The van der Waals surface area contributed by atoms with Crippen LogP contribution in [0.3, 0.4) is 0 Å². The van der Waals surface area contributed by atoms with Crippen LogP contribution in [0.1, 0.15) is 18.1 Å². The predicted molar refractivity (Wildman–Crippen MR) is 142 cm³/mol. The van der Waals surface area contributed by atoms with Crippen molar-refractivity contribution in [2.75, 3.05) is 50.3 Å². The Morgan fingerprint density at radius 2 is 2.03 bits per heavy atom. The number of fused-ring (bicyclic) bond motifs is 1. The number of hydrazone groups is 1. The molecule has 0 radical (unpaired) electrons. The maximum absolute atomic E-state index is 5.61. The van der Waals surface area contributed by atoms with Crippen LogP contribution in [0.5, 0.6) is 0 Å². The van der Waals surface area contributed by atoms with E-state index in [9.17, 15) is 0 Å². The topological polar surface area (TPSA) is 94.6 Å². The van der Waals surface area contributed by atoms with Gasteiger partial charge in [-0.15, -0.1) is 0 Å². The van der Waals surface area contributed by atoms with Crippen molar-refractivity contribution in [3.05, 3.63) is 53.9 Å². The molecule has 0 saturated carbocycles. The highest BCUT2D eigenvalue weighted by atomic mass is 16.5. The summed E-state index contributed by atoms with van der Waals surface area (Å²) in [5.74, 6) is 1.47. The molecule has 0 aliphatic carbocycles. The lowest BCUT2D eigenvalue weighted by Gasteiger charge is -2.29. The Bertz CT molecular complexity index is 1380. The number of rotatable bonds is 8. The molecule has 1 saturated heterocycles. The van der Waals surface area contributed by atoms with Gasteiger partial charge in [0.25, 0.3) is 0 Å². The predicted octanol–water partition coefficient (Wildman–Crippen LogP) is 3.46. The average molecular weight is 489 g/mol. The number of nitrogens with one attached hydrogen (secondary N) is 1. The SMILES string of the molecule is COCCn1c(-c2cnn(C)c2)nc2c(N3CCOCC3)cc(N/N=C(\C)c3cccc(C)c3)nc21. The number of methoxy groups -OCH3 is 1. The van der Waals surface area contributed by atoms with Crippen LogP contribution in [0, 0.1) is 6.92 Å². The average Bonchev–Trinajstić information content (AvgIpc) is 3.49. The Balaban J connectivity index is 1.61. The van der Waals surface area contributed by atoms with Crippen LogP contribution in [0.4, 0.5) is 11.5 Å². The number of nitrogens with zero attached hydrogens (tertiary/aromatic N) is 7. The van der Waals surface area contributed by atoms with Gasteiger partial charge in [0, 0.05) is 46.1 Å². The Hall–Kier alpha value is -3.76. The summed E-state index contributed by atoms with van der Waals surface area (Å²) in [6.07, 6.45) is 3.79. The van der Waals surface area contributed by atoms with Gasteiger partial charge >= 0.3 is 0 Å². The number of pyridine rings is 1. The molecule has 5 rings (SSSR count). The second kappa shape index (κ2) is 10.5. The molecule has 3 aromatic heterocycles. The van der Waals surface area contributed by atoms with E-state index in [4.69, 9.17) is 19.4 Å². The Morgan fingerprint density at radius 1 is 1.19 bits per heavy atom. The Labute approximate surface area is 210 Å². The minimum Gasteiger partial charge on any atom is -0.383 e. The number of hydrogen-bond donors (Lipinski definition) is 1. The Kier molecular flexibility index (Phi) is 6.97. The lowest BCUT2D eigenvalue weighted by Crippen LogP contribution is -2.36. The number of ether oxygens (including phenoxy) is 2. The largest absolute Gasteiger partial charge is 0.383 e. The molecule has 10 heteroatoms. The van der Waals surface area contributed by atoms with Gasteiger partial charge in [0.2, 0.25) is 0 Å². The number of hydrogen-bond acceptors (Lipinski definition) is 8. The third-order valence-electron chi connectivity index (χ3n) is 6.29. The second-order valence-corrected chi connectivity index (χ2v) is 8.96. The van der Waals surface area contributed by atoms with Crippen LogP contribution in [0.15, 0.2) is 47.8 Å². The van der Waals surface area contributed by atoms with E-state index in [1.54, 1.807) is 11.8 Å². The van der Waals surface area contributed by atoms with Crippen molar-refractivity contribution < 1.29 is 9.47 Å². The third-order valence-corrected chi connectivity index (χ3v) is 6.29. The fourth-order valence-electron chi connectivity index (χ4n) is 4.40. The maximum atomic E-state index is 5.61. The molecule has 10 nitrogen and oxygen atoms in total. The zero-order chi connectivity index (χ0) is 25.1. The first-order valence-corrected chi connectivity index (χ1v) is 12.1. The monoisotopic (exact) mass is 488 g/mol. The van der Waals surface area contributed by atoms with Crippen molar-refractivity contribution in [1.82, 2.24) is 24.3 Å². The van der Waals surface area contributed by atoms with Crippen LogP contribution < -0.4 is 10.3 Å². The van der Waals surface area contributed by atoms with Gasteiger partial charge in [-0.3, -0.25) is 10.1 Å². The van der Waals surface area contributed by atoms with Gasteiger partial charge in [0.15, 0.2) is 11.5 Å². The highest BCUT2D eigenvalue weighted by molar-refractivity contribution is 5.99. The molecule has 0 bridgehead atoms. The van der Waals surface area contributed by atoms with Crippen LogP contribution in [-0.4, -0.2) is 70.0 Å². The van der Waals surface area contributed by atoms with Gasteiger partial charge in [0.1, 0.15) is 11.3 Å². The first-order chi connectivity index (χ1) is 17.5. The number of morpholine rings is 1. The Morgan fingerprint density at radius 3 is 2.75 bits per heavy atom. The lowest BCUT2D eigenvalue weighted by molar-refractivity contribution is 0.123. The van der Waals surface area contributed by atoms with Crippen molar-refractivity contribution in [3.63, 3.8) is 0 Å². The molecule has 0 amide bonds. The van der Waals surface area contributed by atoms with E-state index in [2.05, 4.69) is 50.2 Å². The van der Waals surface area contributed by atoms with Gasteiger partial charge in [0.05, 0.1) is 43.0 Å². The molecule has 1 aliphatic rings. The summed E-state index contributed by atoms with van der Waals surface area (Å²) in [7, 11) is 3.60. The van der Waals surface area contributed by atoms with Crippen molar-refractivity contribution in [3.8, 4) is 11.4 Å². The van der Waals surface area contributed by atoms with Gasteiger partial charge in [-0.05, 0) is 19.4 Å². The standard InChI is InChI=1S/C26H32N8O2/c1-18-6-5-7-20(14-18)19(2)30-31-23-15-22(33-8-12-36-13-9-33)24-26(28-23)34(10-11-35-4)25(29-24)21-16-27-32(3)17-21/h5-7,14-17H,8-13H2,1-4H3,(H,28,31)/b30-19+. The smallest absolute Gasteiger partial charge is 0.164 e. The normalized spacial score (nSPS) is 14.6. The molecule has 0 atom stereocenters. The molecule has 188 valence electrons. The molecular weight excluding hydrogens is 456 g/mol. The minimum atomic E-state index is 0.537. The molecule has 36 heavy (non-hydrogen) atoms. The van der Waals surface area contributed by atoms with Crippen LogP contribution >= 0.6 is 0 Å². The highest BCUT2D eigenvalue weighted by Crippen LogP contribution is 2.33. The summed E-state index contributed by atoms with van der Waals surface area (Å²) in [6, 6.07) is 10.3. The van der Waals surface area contributed by atoms with Gasteiger partial charge in [-0.25, -0.2) is 9.97 Å². The summed E-state index contributed by atoms with van der Waals surface area (Å²) in [6.45, 7) is 8.15. The van der Waals surface area contributed by atoms with Crippen molar-refractivity contribution >= 4 is 28.4 Å². The minimum absolute atomic E-state index is 0.537. The second-order valence-electron chi connectivity index (χ2n) is 8.96. The van der Waals surface area contributed by atoms with E-state index in [-0.39, 0.29) is 0 Å². The molecule has 1 aromatic carbocycles. The van der Waals surface area contributed by atoms with Crippen molar-refractivity contribution in [1.29, 1.82) is 0 Å². The zero-order valence-electron chi connectivity index (χ0n) is 21.2. The number of aryl methyl sites for hydroxylation is 2. The zero-order valence-corrected chi connectivity index (χ0v) is 21.2. The van der Waals surface area contributed by atoms with Gasteiger partial charge in [-0.1, -0.05) is 29.8 Å². The molecule has 4 heterocycles. The number of benzene rings is 1. The number of anilines is 2. The molecule has 1 N–H and O–H groups in total. The number of aromatic nitrogens is 5. The van der Waals surface area contributed by atoms with Crippen LogP contribution in [0.25, 0.3) is 22.6 Å². The van der Waals surface area contributed by atoms with E-state index in [0.29, 0.717) is 32.2 Å². The number of imidazole rings is 1. The van der Waals surface area contributed by atoms with E-state index in [0.717, 1.165) is 52.6 Å². The molecule has 1 aliphatic heterocycles. The summed E-state index contributed by atoms with van der Waals surface area (Å²) >= 11 is 0. The summed E-state index contributed by atoms with van der Waals surface area (Å²) in [4.78, 5) is 12.3. The first-order valence-electron chi connectivity index (χ1n) is 12.1.